The fourth-order valence-electron chi connectivity index (χ4n) is 0.933. The molecular formula is C9H10FNO. The highest BCUT2D eigenvalue weighted by Crippen LogP contribution is 2.03. The van der Waals surface area contributed by atoms with Crippen LogP contribution in [0.4, 0.5) is 4.39 Å². The normalized spacial score (nSPS) is 11.7. The predicted octanol–water partition coefficient (Wildman–Crippen LogP) is 2.22. The van der Waals surface area contributed by atoms with Gasteiger partial charge in [0, 0.05) is 6.42 Å². The van der Waals surface area contributed by atoms with E-state index in [4.69, 9.17) is 5.21 Å². The highest BCUT2D eigenvalue weighted by Gasteiger charge is 1.96. The minimum atomic E-state index is -0.252. The smallest absolute Gasteiger partial charge is 0.123 e. The van der Waals surface area contributed by atoms with Crippen molar-refractivity contribution < 1.29 is 9.60 Å². The molecule has 0 aliphatic rings. The van der Waals surface area contributed by atoms with E-state index < -0.39 is 0 Å². The van der Waals surface area contributed by atoms with E-state index in [0.717, 1.165) is 5.56 Å². The van der Waals surface area contributed by atoms with E-state index in [-0.39, 0.29) is 5.82 Å². The number of hydrogen-bond donors (Lipinski definition) is 1. The highest BCUT2D eigenvalue weighted by molar-refractivity contribution is 5.83. The highest BCUT2D eigenvalue weighted by atomic mass is 19.1. The number of nitrogens with zero attached hydrogens (tertiary/aromatic N) is 1. The number of oxime groups is 1. The Hall–Kier alpha value is -1.38. The van der Waals surface area contributed by atoms with Crippen molar-refractivity contribution in [3.63, 3.8) is 0 Å². The molecule has 0 heterocycles. The Labute approximate surface area is 70.3 Å². The summed E-state index contributed by atoms with van der Waals surface area (Å²) in [5.74, 6) is -0.252. The summed E-state index contributed by atoms with van der Waals surface area (Å²) in [4.78, 5) is 0. The van der Waals surface area contributed by atoms with Crippen molar-refractivity contribution >= 4 is 5.71 Å². The summed E-state index contributed by atoms with van der Waals surface area (Å²) < 4.78 is 12.4. The second-order valence-corrected chi connectivity index (χ2v) is 2.64. The fourth-order valence-corrected chi connectivity index (χ4v) is 0.933. The van der Waals surface area contributed by atoms with Gasteiger partial charge in [0.05, 0.1) is 5.71 Å². The van der Waals surface area contributed by atoms with Gasteiger partial charge in [-0.05, 0) is 24.6 Å². The Kier molecular flexibility index (Phi) is 2.80. The SMILES string of the molecule is C/C(Cc1ccc(F)cc1)=N/O. The van der Waals surface area contributed by atoms with E-state index in [1.165, 1.54) is 12.1 Å². The summed E-state index contributed by atoms with van der Waals surface area (Å²) >= 11 is 0. The molecule has 0 saturated heterocycles. The summed E-state index contributed by atoms with van der Waals surface area (Å²) in [6.07, 6.45) is 0.552. The van der Waals surface area contributed by atoms with Crippen LogP contribution in [-0.4, -0.2) is 10.9 Å². The van der Waals surface area contributed by atoms with Crippen LogP contribution >= 0.6 is 0 Å². The van der Waals surface area contributed by atoms with Gasteiger partial charge in [-0.15, -0.1) is 0 Å². The average molecular weight is 167 g/mol. The van der Waals surface area contributed by atoms with Gasteiger partial charge in [0.15, 0.2) is 0 Å². The first-order valence-corrected chi connectivity index (χ1v) is 3.64. The van der Waals surface area contributed by atoms with E-state index in [2.05, 4.69) is 5.16 Å². The minimum Gasteiger partial charge on any atom is -0.411 e. The number of hydrogen-bond acceptors (Lipinski definition) is 2. The first-order chi connectivity index (χ1) is 5.72. The van der Waals surface area contributed by atoms with E-state index in [0.29, 0.717) is 12.1 Å². The topological polar surface area (TPSA) is 32.6 Å². The van der Waals surface area contributed by atoms with Gasteiger partial charge in [-0.25, -0.2) is 4.39 Å². The lowest BCUT2D eigenvalue weighted by Crippen LogP contribution is -1.96. The van der Waals surface area contributed by atoms with Gasteiger partial charge in [-0.3, -0.25) is 0 Å². The molecule has 0 fully saturated rings. The first kappa shape index (κ1) is 8.71. The quantitative estimate of drug-likeness (QED) is 0.409. The Balaban J connectivity index is 2.71. The summed E-state index contributed by atoms with van der Waals surface area (Å²) in [5, 5.41) is 11.4. The second kappa shape index (κ2) is 3.85. The lowest BCUT2D eigenvalue weighted by molar-refractivity contribution is 0.317. The van der Waals surface area contributed by atoms with Crippen molar-refractivity contribution in [1.29, 1.82) is 0 Å². The monoisotopic (exact) mass is 167 g/mol. The molecule has 0 aliphatic heterocycles. The van der Waals surface area contributed by atoms with Gasteiger partial charge in [-0.2, -0.15) is 0 Å². The Morgan fingerprint density at radius 2 is 2.00 bits per heavy atom. The van der Waals surface area contributed by atoms with Crippen LogP contribution in [0.5, 0.6) is 0 Å². The van der Waals surface area contributed by atoms with Gasteiger partial charge >= 0.3 is 0 Å². The van der Waals surface area contributed by atoms with Crippen LogP contribution in [0.25, 0.3) is 0 Å². The molecule has 0 atom stereocenters. The predicted molar refractivity (Wildman–Crippen MR) is 45.0 cm³/mol. The third kappa shape index (κ3) is 2.34. The van der Waals surface area contributed by atoms with Gasteiger partial charge in [-0.1, -0.05) is 17.3 Å². The zero-order valence-electron chi connectivity index (χ0n) is 6.79. The maximum Gasteiger partial charge on any atom is 0.123 e. The van der Waals surface area contributed by atoms with Crippen LogP contribution in [0, 0.1) is 5.82 Å². The van der Waals surface area contributed by atoms with Crippen molar-refractivity contribution in [2.45, 2.75) is 13.3 Å². The molecule has 0 aromatic heterocycles. The van der Waals surface area contributed by atoms with Crippen LogP contribution in [0.15, 0.2) is 29.4 Å². The van der Waals surface area contributed by atoms with E-state index in [1.54, 1.807) is 19.1 Å². The molecule has 12 heavy (non-hydrogen) atoms. The van der Waals surface area contributed by atoms with E-state index in [9.17, 15) is 4.39 Å². The molecule has 0 amide bonds. The molecule has 64 valence electrons. The molecular weight excluding hydrogens is 157 g/mol. The van der Waals surface area contributed by atoms with E-state index >= 15 is 0 Å². The summed E-state index contributed by atoms with van der Waals surface area (Å²) in [6.45, 7) is 1.71. The minimum absolute atomic E-state index is 0.252. The van der Waals surface area contributed by atoms with Crippen molar-refractivity contribution in [3.05, 3.63) is 35.6 Å². The third-order valence-corrected chi connectivity index (χ3v) is 1.54. The van der Waals surface area contributed by atoms with Crippen LogP contribution in [0.2, 0.25) is 0 Å². The molecule has 1 rings (SSSR count). The fraction of sp³-hybridized carbons (Fsp3) is 0.222. The number of rotatable bonds is 2. The zero-order chi connectivity index (χ0) is 8.97. The van der Waals surface area contributed by atoms with Crippen LogP contribution in [-0.2, 0) is 6.42 Å². The standard InChI is InChI=1S/C9H10FNO/c1-7(11-12)6-8-2-4-9(10)5-3-8/h2-5,12H,6H2,1H3/b11-7-. The van der Waals surface area contributed by atoms with E-state index in [1.807, 2.05) is 0 Å². The zero-order valence-corrected chi connectivity index (χ0v) is 6.79. The van der Waals surface area contributed by atoms with Crippen molar-refractivity contribution in [2.24, 2.45) is 5.16 Å². The molecule has 0 aliphatic carbocycles. The molecule has 0 bridgehead atoms. The van der Waals surface area contributed by atoms with Gasteiger partial charge in [0.25, 0.3) is 0 Å². The lowest BCUT2D eigenvalue weighted by atomic mass is 10.1. The maximum atomic E-state index is 12.4. The average Bonchev–Trinajstić information content (AvgIpc) is 2.09. The van der Waals surface area contributed by atoms with Crippen LogP contribution in [0.1, 0.15) is 12.5 Å². The van der Waals surface area contributed by atoms with Crippen molar-refractivity contribution in [3.8, 4) is 0 Å². The number of benzene rings is 1. The van der Waals surface area contributed by atoms with Crippen molar-refractivity contribution in [1.82, 2.24) is 0 Å². The summed E-state index contributed by atoms with van der Waals surface area (Å²) in [5.41, 5.74) is 1.55. The second-order valence-electron chi connectivity index (χ2n) is 2.64. The van der Waals surface area contributed by atoms with Crippen LogP contribution in [0.3, 0.4) is 0 Å². The van der Waals surface area contributed by atoms with Gasteiger partial charge < -0.3 is 5.21 Å². The summed E-state index contributed by atoms with van der Waals surface area (Å²) in [6, 6.07) is 6.12. The van der Waals surface area contributed by atoms with Gasteiger partial charge in [0.2, 0.25) is 0 Å². The molecule has 0 unspecified atom stereocenters. The first-order valence-electron chi connectivity index (χ1n) is 3.64. The molecule has 0 spiro atoms. The molecule has 2 nitrogen and oxygen atoms in total. The molecule has 3 heteroatoms. The number of halogens is 1. The lowest BCUT2D eigenvalue weighted by Gasteiger charge is -1.98. The maximum absolute atomic E-state index is 12.4. The molecule has 1 aromatic rings. The molecule has 0 radical (unpaired) electrons. The molecule has 1 aromatic carbocycles. The molecule has 0 saturated carbocycles. The largest absolute Gasteiger partial charge is 0.411 e. The van der Waals surface area contributed by atoms with Crippen molar-refractivity contribution in [2.75, 3.05) is 0 Å². The third-order valence-electron chi connectivity index (χ3n) is 1.54. The van der Waals surface area contributed by atoms with Crippen LogP contribution < -0.4 is 0 Å². The van der Waals surface area contributed by atoms with Gasteiger partial charge in [0.1, 0.15) is 5.82 Å². The Morgan fingerprint density at radius 3 is 2.50 bits per heavy atom. The molecule has 1 N–H and O–H groups in total. The summed E-state index contributed by atoms with van der Waals surface area (Å²) in [7, 11) is 0. The Morgan fingerprint density at radius 1 is 1.42 bits per heavy atom. The Bertz CT molecular complexity index is 279.